The van der Waals surface area contributed by atoms with Crippen LogP contribution in [0.1, 0.15) is 51.2 Å². The summed E-state index contributed by atoms with van der Waals surface area (Å²) in [6.45, 7) is 12.2. The topological polar surface area (TPSA) is 75.9 Å². The van der Waals surface area contributed by atoms with Gasteiger partial charge < -0.3 is 20.3 Å². The largest absolute Gasteiger partial charge is 0.483 e. The molecular formula is C21H31N3O3. The van der Waals surface area contributed by atoms with Gasteiger partial charge in [-0.25, -0.2) is 0 Å². The van der Waals surface area contributed by atoms with E-state index in [1.807, 2.05) is 34.9 Å². The Bertz CT molecular complexity index is 696. The highest BCUT2D eigenvalue weighted by molar-refractivity contribution is 5.84. The number of nitrogens with two attached hydrogens (primary N) is 1. The summed E-state index contributed by atoms with van der Waals surface area (Å²) in [5.41, 5.74) is 8.21. The Hall–Kier alpha value is -2.50. The molecule has 6 heteroatoms. The van der Waals surface area contributed by atoms with Crippen molar-refractivity contribution in [3.63, 3.8) is 0 Å². The minimum Gasteiger partial charge on any atom is -0.483 e. The first kappa shape index (κ1) is 20.8. The van der Waals surface area contributed by atoms with Gasteiger partial charge in [-0.3, -0.25) is 9.59 Å². The molecule has 0 aromatic heterocycles. The average molecular weight is 373 g/mol. The summed E-state index contributed by atoms with van der Waals surface area (Å²) in [6, 6.07) is 5.30. The van der Waals surface area contributed by atoms with Crippen LogP contribution in [0.15, 0.2) is 24.8 Å². The van der Waals surface area contributed by atoms with E-state index in [0.29, 0.717) is 18.7 Å². The van der Waals surface area contributed by atoms with Crippen molar-refractivity contribution in [2.24, 2.45) is 5.73 Å². The molecule has 0 fully saturated rings. The summed E-state index contributed by atoms with van der Waals surface area (Å²) in [5, 5.41) is 0. The molecule has 1 atom stereocenters. The fraction of sp³-hybridized carbons (Fsp3) is 0.524. The number of hydrogen-bond donors (Lipinski definition) is 1. The Morgan fingerprint density at radius 2 is 1.93 bits per heavy atom. The lowest BCUT2D eigenvalue weighted by atomic mass is 10.1. The molecule has 1 aromatic carbocycles. The minimum atomic E-state index is -0.399. The first-order valence-corrected chi connectivity index (χ1v) is 9.72. The summed E-state index contributed by atoms with van der Waals surface area (Å²) in [6.07, 6.45) is 2.46. The zero-order valence-electron chi connectivity index (χ0n) is 16.7. The molecule has 0 aliphatic carbocycles. The number of ether oxygens (including phenoxy) is 1. The van der Waals surface area contributed by atoms with E-state index in [2.05, 4.69) is 20.4 Å². The van der Waals surface area contributed by atoms with Gasteiger partial charge in [0.15, 0.2) is 6.61 Å². The second-order valence-electron chi connectivity index (χ2n) is 6.85. The van der Waals surface area contributed by atoms with Crippen LogP contribution >= 0.6 is 0 Å². The number of carbonyl (C=O) groups is 2. The number of amides is 2. The van der Waals surface area contributed by atoms with Crippen LogP contribution in [0.4, 0.5) is 0 Å². The van der Waals surface area contributed by atoms with E-state index in [1.54, 1.807) is 0 Å². The van der Waals surface area contributed by atoms with Crippen LogP contribution in [0, 0.1) is 0 Å². The lowest BCUT2D eigenvalue weighted by Crippen LogP contribution is -2.40. The van der Waals surface area contributed by atoms with Gasteiger partial charge in [-0.1, -0.05) is 39.5 Å². The molecule has 27 heavy (non-hydrogen) atoms. The number of nitrogens with zero attached hydrogens (tertiary/aromatic N) is 2. The van der Waals surface area contributed by atoms with E-state index in [4.69, 9.17) is 10.5 Å². The highest BCUT2D eigenvalue weighted by Crippen LogP contribution is 2.38. The molecule has 0 radical (unpaired) electrons. The molecule has 0 saturated carbocycles. The second kappa shape index (κ2) is 9.44. The molecule has 1 heterocycles. The molecule has 2 rings (SSSR count). The number of rotatable bonds is 10. The Morgan fingerprint density at radius 1 is 1.26 bits per heavy atom. The lowest BCUT2D eigenvalue weighted by molar-refractivity contribution is -0.133. The summed E-state index contributed by atoms with van der Waals surface area (Å²) in [7, 11) is 0. The van der Waals surface area contributed by atoms with Gasteiger partial charge in [0.05, 0.1) is 0 Å². The maximum Gasteiger partial charge on any atom is 0.260 e. The lowest BCUT2D eigenvalue weighted by Gasteiger charge is -2.27. The maximum atomic E-state index is 12.5. The highest BCUT2D eigenvalue weighted by atomic mass is 16.5. The van der Waals surface area contributed by atoms with Crippen LogP contribution in [0.2, 0.25) is 0 Å². The Labute approximate surface area is 162 Å². The zero-order valence-corrected chi connectivity index (χ0v) is 16.7. The van der Waals surface area contributed by atoms with E-state index in [0.717, 1.165) is 42.8 Å². The quantitative estimate of drug-likeness (QED) is 0.684. The second-order valence-corrected chi connectivity index (χ2v) is 6.85. The van der Waals surface area contributed by atoms with Gasteiger partial charge in [0.1, 0.15) is 11.8 Å². The van der Waals surface area contributed by atoms with Crippen molar-refractivity contribution in [3.8, 4) is 5.75 Å². The van der Waals surface area contributed by atoms with E-state index >= 15 is 0 Å². The molecule has 0 spiro atoms. The number of primary amides is 1. The van der Waals surface area contributed by atoms with Gasteiger partial charge in [0, 0.05) is 36.5 Å². The van der Waals surface area contributed by atoms with Crippen molar-refractivity contribution in [3.05, 3.63) is 35.9 Å². The summed E-state index contributed by atoms with van der Waals surface area (Å²) in [5.74, 6) is 0.296. The van der Waals surface area contributed by atoms with Crippen LogP contribution < -0.4 is 10.5 Å². The fourth-order valence-electron chi connectivity index (χ4n) is 3.56. The van der Waals surface area contributed by atoms with Crippen molar-refractivity contribution in [1.82, 2.24) is 9.80 Å². The standard InChI is InChI=1S/C21H31N3O3/c1-5-11-23(12-6-2)20(25)14-27-19-10-8-9-16-15(4)24(13-17(16)19)18(7-3)21(22)26/h8-10,18H,4-7,11-14H2,1-3H3,(H2,22,26). The molecule has 2 amide bonds. The summed E-state index contributed by atoms with van der Waals surface area (Å²) < 4.78 is 5.88. The van der Waals surface area contributed by atoms with Gasteiger partial charge >= 0.3 is 0 Å². The van der Waals surface area contributed by atoms with Crippen LogP contribution in [-0.4, -0.2) is 47.4 Å². The van der Waals surface area contributed by atoms with Crippen molar-refractivity contribution in [2.45, 2.75) is 52.6 Å². The Kier molecular flexibility index (Phi) is 7.28. The van der Waals surface area contributed by atoms with Crippen molar-refractivity contribution >= 4 is 17.5 Å². The number of hydrogen-bond acceptors (Lipinski definition) is 4. The molecule has 148 valence electrons. The fourth-order valence-corrected chi connectivity index (χ4v) is 3.56. The monoisotopic (exact) mass is 373 g/mol. The molecule has 1 unspecified atom stereocenters. The average Bonchev–Trinajstić information content (AvgIpc) is 2.97. The number of carbonyl (C=O) groups excluding carboxylic acids is 2. The molecule has 1 aliphatic heterocycles. The number of benzene rings is 1. The molecule has 6 nitrogen and oxygen atoms in total. The third-order valence-corrected chi connectivity index (χ3v) is 4.90. The molecular weight excluding hydrogens is 342 g/mol. The smallest absolute Gasteiger partial charge is 0.260 e. The van der Waals surface area contributed by atoms with Gasteiger partial charge in [0.25, 0.3) is 5.91 Å². The van der Waals surface area contributed by atoms with Crippen LogP contribution in [0.3, 0.4) is 0 Å². The number of fused-ring (bicyclic) bond motifs is 1. The van der Waals surface area contributed by atoms with Crippen LogP contribution in [-0.2, 0) is 16.1 Å². The normalized spacial score (nSPS) is 14.0. The van der Waals surface area contributed by atoms with Gasteiger partial charge in [-0.2, -0.15) is 0 Å². The SMILES string of the molecule is C=C1c2cccc(OCC(=O)N(CCC)CCC)c2CN1C(CC)C(N)=O. The molecule has 0 saturated heterocycles. The van der Waals surface area contributed by atoms with Crippen LogP contribution in [0.5, 0.6) is 5.75 Å². The van der Waals surface area contributed by atoms with Crippen LogP contribution in [0.25, 0.3) is 5.70 Å². The first-order valence-electron chi connectivity index (χ1n) is 9.72. The Morgan fingerprint density at radius 3 is 2.48 bits per heavy atom. The van der Waals surface area contributed by atoms with Crippen molar-refractivity contribution < 1.29 is 14.3 Å². The summed E-state index contributed by atoms with van der Waals surface area (Å²) in [4.78, 5) is 28.0. The third kappa shape index (κ3) is 4.62. The molecule has 2 N–H and O–H groups in total. The van der Waals surface area contributed by atoms with E-state index in [1.165, 1.54) is 0 Å². The van der Waals surface area contributed by atoms with Gasteiger partial charge in [0.2, 0.25) is 5.91 Å². The van der Waals surface area contributed by atoms with E-state index < -0.39 is 6.04 Å². The van der Waals surface area contributed by atoms with E-state index in [9.17, 15) is 9.59 Å². The predicted octanol–water partition coefficient (Wildman–Crippen LogP) is 2.76. The maximum absolute atomic E-state index is 12.5. The van der Waals surface area contributed by atoms with Gasteiger partial charge in [-0.15, -0.1) is 0 Å². The van der Waals surface area contributed by atoms with Crippen molar-refractivity contribution in [2.75, 3.05) is 19.7 Å². The molecule has 0 bridgehead atoms. The third-order valence-electron chi connectivity index (χ3n) is 4.90. The highest BCUT2D eigenvalue weighted by Gasteiger charge is 2.32. The minimum absolute atomic E-state index is 0.00597. The predicted molar refractivity (Wildman–Crippen MR) is 107 cm³/mol. The zero-order chi connectivity index (χ0) is 20.0. The molecule has 1 aromatic rings. The first-order chi connectivity index (χ1) is 12.9. The Balaban J connectivity index is 2.14. The summed E-state index contributed by atoms with van der Waals surface area (Å²) >= 11 is 0. The van der Waals surface area contributed by atoms with Crippen molar-refractivity contribution in [1.29, 1.82) is 0 Å². The van der Waals surface area contributed by atoms with Gasteiger partial charge in [-0.05, 0) is 25.3 Å². The molecule has 1 aliphatic rings. The van der Waals surface area contributed by atoms with E-state index in [-0.39, 0.29) is 18.4 Å².